The fourth-order valence-electron chi connectivity index (χ4n) is 4.81. The van der Waals surface area contributed by atoms with Crippen LogP contribution in [0.5, 0.6) is 5.75 Å². The van der Waals surface area contributed by atoms with Crippen LogP contribution in [0.4, 0.5) is 0 Å². The van der Waals surface area contributed by atoms with E-state index < -0.39 is 6.10 Å². The molecule has 2 heterocycles. The van der Waals surface area contributed by atoms with Crippen LogP contribution in [0.2, 0.25) is 5.02 Å². The van der Waals surface area contributed by atoms with E-state index in [2.05, 4.69) is 59.5 Å². The lowest BCUT2D eigenvalue weighted by molar-refractivity contribution is 0.0986. The van der Waals surface area contributed by atoms with Crippen LogP contribution < -0.4 is 15.8 Å². The Morgan fingerprint density at radius 1 is 0.848 bits per heavy atom. The summed E-state index contributed by atoms with van der Waals surface area (Å²) in [6.45, 7) is 8.59. The quantitative estimate of drug-likeness (QED) is 0.140. The lowest BCUT2D eigenvalue weighted by Crippen LogP contribution is -2.46. The molecule has 0 saturated heterocycles. The second kappa shape index (κ2) is 17.4. The molecule has 5 aromatic rings. The summed E-state index contributed by atoms with van der Waals surface area (Å²) >= 11 is 6.00. The van der Waals surface area contributed by atoms with E-state index in [0.29, 0.717) is 17.3 Å². The Balaban J connectivity index is 0.000000367. The van der Waals surface area contributed by atoms with Crippen molar-refractivity contribution in [3.8, 4) is 11.8 Å². The number of nitrogens with two attached hydrogens (primary N) is 1. The highest BCUT2D eigenvalue weighted by Gasteiger charge is 2.21. The fourth-order valence-corrected chi connectivity index (χ4v) is 5.01. The molecule has 244 valence electrons. The molecule has 0 radical (unpaired) electrons. The van der Waals surface area contributed by atoms with Crippen molar-refractivity contribution in [1.82, 2.24) is 15.3 Å². The first-order valence-electron chi connectivity index (χ1n) is 14.6. The fraction of sp³-hybridized carbons (Fsp3) is 0.306. The van der Waals surface area contributed by atoms with Gasteiger partial charge in [0.2, 0.25) is 0 Å². The molecule has 5 rings (SSSR count). The van der Waals surface area contributed by atoms with Crippen LogP contribution in [0, 0.1) is 11.3 Å². The van der Waals surface area contributed by atoms with E-state index in [4.69, 9.17) is 22.1 Å². The molecule has 4 N–H and O–H groups in total. The first kappa shape index (κ1) is 38.7. The van der Waals surface area contributed by atoms with Crippen LogP contribution in [0.3, 0.4) is 0 Å². The SMILES string of the molecule is CC(C)(Cc1cc2ccccc2cn1)NCC(O)COc1cccc(Cl)c1C#N.CC(C)(N)Cc1cc2ccccc2cn1.Cl.Cl. The number of nitrogens with zero attached hydrogens (tertiary/aromatic N) is 3. The number of hydrogen-bond donors (Lipinski definition) is 3. The molecule has 1 atom stereocenters. The number of ether oxygens (including phenoxy) is 1. The summed E-state index contributed by atoms with van der Waals surface area (Å²) in [4.78, 5) is 8.96. The number of halogens is 3. The number of pyridine rings is 2. The Morgan fingerprint density at radius 3 is 1.89 bits per heavy atom. The van der Waals surface area contributed by atoms with E-state index in [0.717, 1.165) is 35.0 Å². The molecule has 3 aromatic carbocycles. The summed E-state index contributed by atoms with van der Waals surface area (Å²) < 4.78 is 5.59. The van der Waals surface area contributed by atoms with E-state index in [1.165, 1.54) is 10.8 Å². The number of hydrogen-bond acceptors (Lipinski definition) is 7. The molecule has 1 unspecified atom stereocenters. The summed E-state index contributed by atoms with van der Waals surface area (Å²) in [6.07, 6.45) is 4.60. The number of nitriles is 1. The van der Waals surface area contributed by atoms with E-state index in [-0.39, 0.29) is 48.1 Å². The van der Waals surface area contributed by atoms with Crippen molar-refractivity contribution in [2.75, 3.05) is 13.2 Å². The van der Waals surface area contributed by atoms with Crippen molar-refractivity contribution in [1.29, 1.82) is 5.26 Å². The van der Waals surface area contributed by atoms with Gasteiger partial charge in [0.15, 0.2) is 0 Å². The van der Waals surface area contributed by atoms with Gasteiger partial charge in [-0.25, -0.2) is 0 Å². The molecule has 46 heavy (non-hydrogen) atoms. The molecule has 0 bridgehead atoms. The first-order valence-corrected chi connectivity index (χ1v) is 15.0. The number of β-amino-alcohol motifs (C(OH)–C–C–N with tert-alkyl or cyclic N) is 1. The number of aromatic nitrogens is 2. The number of fused-ring (bicyclic) bond motifs is 2. The number of rotatable bonds is 10. The van der Waals surface area contributed by atoms with Crippen LogP contribution >= 0.6 is 36.4 Å². The van der Waals surface area contributed by atoms with Crippen LogP contribution in [-0.4, -0.2) is 45.4 Å². The lowest BCUT2D eigenvalue weighted by atomic mass is 9.97. The Labute approximate surface area is 289 Å². The minimum absolute atomic E-state index is 0. The van der Waals surface area contributed by atoms with Gasteiger partial charge in [-0.2, -0.15) is 5.26 Å². The maximum Gasteiger partial charge on any atom is 0.138 e. The smallest absolute Gasteiger partial charge is 0.138 e. The zero-order valence-electron chi connectivity index (χ0n) is 26.5. The van der Waals surface area contributed by atoms with Gasteiger partial charge in [-0.3, -0.25) is 9.97 Å². The third kappa shape index (κ3) is 11.7. The third-order valence-corrected chi connectivity index (χ3v) is 7.28. The Bertz CT molecular complexity index is 1750. The number of aliphatic hydroxyl groups excluding tert-OH is 1. The molecule has 0 amide bonds. The highest BCUT2D eigenvalue weighted by molar-refractivity contribution is 6.31. The predicted molar refractivity (Wildman–Crippen MR) is 193 cm³/mol. The summed E-state index contributed by atoms with van der Waals surface area (Å²) in [5.74, 6) is 0.374. The molecule has 0 aliphatic heterocycles. The van der Waals surface area contributed by atoms with Crippen molar-refractivity contribution in [2.45, 2.75) is 57.7 Å². The van der Waals surface area contributed by atoms with E-state index in [1.807, 2.05) is 62.6 Å². The van der Waals surface area contributed by atoms with Crippen LogP contribution in [-0.2, 0) is 12.8 Å². The van der Waals surface area contributed by atoms with E-state index in [1.54, 1.807) is 18.2 Å². The van der Waals surface area contributed by atoms with Gasteiger partial charge < -0.3 is 20.9 Å². The van der Waals surface area contributed by atoms with Gasteiger partial charge in [0.05, 0.1) is 5.02 Å². The predicted octanol–water partition coefficient (Wildman–Crippen LogP) is 7.47. The first-order chi connectivity index (χ1) is 20.9. The van der Waals surface area contributed by atoms with Crippen molar-refractivity contribution < 1.29 is 9.84 Å². The molecule has 0 fully saturated rings. The maximum atomic E-state index is 10.3. The second-order valence-corrected chi connectivity index (χ2v) is 12.7. The van der Waals surface area contributed by atoms with Gasteiger partial charge in [0.1, 0.15) is 30.1 Å². The molecule has 0 spiro atoms. The van der Waals surface area contributed by atoms with Gasteiger partial charge >= 0.3 is 0 Å². The van der Waals surface area contributed by atoms with E-state index in [9.17, 15) is 10.4 Å². The number of benzene rings is 3. The van der Waals surface area contributed by atoms with Crippen molar-refractivity contribution in [2.24, 2.45) is 5.73 Å². The minimum Gasteiger partial charge on any atom is -0.489 e. The molecular formula is C36H42Cl3N5O2. The van der Waals surface area contributed by atoms with Gasteiger partial charge in [0.25, 0.3) is 0 Å². The van der Waals surface area contributed by atoms with Crippen LogP contribution in [0.25, 0.3) is 21.5 Å². The molecule has 0 aliphatic rings. The van der Waals surface area contributed by atoms with Crippen LogP contribution in [0.15, 0.2) is 91.3 Å². The zero-order chi connectivity index (χ0) is 31.7. The Hall–Kier alpha value is -3.48. The molecular weight excluding hydrogens is 641 g/mol. The average Bonchev–Trinajstić information content (AvgIpc) is 2.98. The number of aliphatic hydroxyl groups is 1. The van der Waals surface area contributed by atoms with Crippen LogP contribution in [0.1, 0.15) is 44.6 Å². The monoisotopic (exact) mass is 681 g/mol. The van der Waals surface area contributed by atoms with Crippen molar-refractivity contribution in [3.63, 3.8) is 0 Å². The summed E-state index contributed by atoms with van der Waals surface area (Å²) in [7, 11) is 0. The third-order valence-electron chi connectivity index (χ3n) is 6.97. The normalized spacial score (nSPS) is 11.8. The standard InChI is InChI=1S/C23H24ClN3O2.C13H16N2.2ClH/c1-23(2,11-18-10-16-6-3-4-7-17(16)13-26-18)27-14-19(28)15-29-22-9-5-8-21(24)20(22)12-25;1-13(2,14)8-12-7-10-5-3-4-6-11(10)9-15-12;;/h3-10,13,19,27-28H,11,14-15H2,1-2H3;3-7,9H,8,14H2,1-2H3;2*1H. The highest BCUT2D eigenvalue weighted by atomic mass is 35.5. The number of nitrogens with one attached hydrogen (secondary N) is 1. The molecule has 7 nitrogen and oxygen atoms in total. The highest BCUT2D eigenvalue weighted by Crippen LogP contribution is 2.25. The topological polar surface area (TPSA) is 117 Å². The summed E-state index contributed by atoms with van der Waals surface area (Å²) in [6, 6.07) is 27.6. The maximum absolute atomic E-state index is 10.3. The Morgan fingerprint density at radius 2 is 1.37 bits per heavy atom. The summed E-state index contributed by atoms with van der Waals surface area (Å²) in [5.41, 5.74) is 7.83. The van der Waals surface area contributed by atoms with Gasteiger partial charge in [0, 0.05) is 65.0 Å². The zero-order valence-corrected chi connectivity index (χ0v) is 28.9. The molecule has 10 heteroatoms. The lowest BCUT2D eigenvalue weighted by Gasteiger charge is -2.27. The largest absolute Gasteiger partial charge is 0.489 e. The van der Waals surface area contributed by atoms with Crippen molar-refractivity contribution in [3.05, 3.63) is 113 Å². The van der Waals surface area contributed by atoms with Gasteiger partial charge in [-0.05, 0) is 62.7 Å². The molecule has 2 aromatic heterocycles. The average molecular weight is 683 g/mol. The molecule has 0 saturated carbocycles. The van der Waals surface area contributed by atoms with Crippen molar-refractivity contribution >= 4 is 58.0 Å². The van der Waals surface area contributed by atoms with Gasteiger partial charge in [-0.15, -0.1) is 24.8 Å². The molecule has 0 aliphatic carbocycles. The van der Waals surface area contributed by atoms with Gasteiger partial charge in [-0.1, -0.05) is 66.2 Å². The summed E-state index contributed by atoms with van der Waals surface area (Å²) in [5, 5.41) is 27.9. The minimum atomic E-state index is -0.732. The Kier molecular flexibility index (Phi) is 14.7. The second-order valence-electron chi connectivity index (χ2n) is 12.3. The van der Waals surface area contributed by atoms with E-state index >= 15 is 0 Å².